The summed E-state index contributed by atoms with van der Waals surface area (Å²) < 4.78 is 53.4. The van der Waals surface area contributed by atoms with Crippen molar-refractivity contribution in [2.45, 2.75) is 25.6 Å². The van der Waals surface area contributed by atoms with E-state index in [1.165, 1.54) is 4.90 Å². The number of rotatable bonds is 2. The Hall–Kier alpha value is -2.97. The summed E-state index contributed by atoms with van der Waals surface area (Å²) in [5.74, 6) is -1.58. The van der Waals surface area contributed by atoms with Crippen molar-refractivity contribution in [2.24, 2.45) is 0 Å². The summed E-state index contributed by atoms with van der Waals surface area (Å²) in [6.45, 7) is 0.560. The lowest BCUT2D eigenvalue weighted by atomic mass is 9.97. The maximum Gasteiger partial charge on any atom is 0.416 e. The molecule has 0 radical (unpaired) electrons. The summed E-state index contributed by atoms with van der Waals surface area (Å²) in [5, 5.41) is 7.59. The molecule has 0 aliphatic carbocycles. The molecule has 0 bridgehead atoms. The van der Waals surface area contributed by atoms with E-state index in [1.54, 1.807) is 12.4 Å². The number of H-pyrrole nitrogens is 1. The van der Waals surface area contributed by atoms with E-state index < -0.39 is 35.4 Å². The fraction of sp³-hybridized carbons (Fsp3) is 0.278. The van der Waals surface area contributed by atoms with Gasteiger partial charge in [0, 0.05) is 30.2 Å². The quantitative estimate of drug-likeness (QED) is 0.697. The monoisotopic (exact) mass is 378 g/mol. The second-order valence-corrected chi connectivity index (χ2v) is 6.40. The third kappa shape index (κ3) is 3.13. The Kier molecular flexibility index (Phi) is 4.09. The van der Waals surface area contributed by atoms with Crippen molar-refractivity contribution in [1.29, 1.82) is 0 Å². The first-order chi connectivity index (χ1) is 12.8. The van der Waals surface area contributed by atoms with Crippen molar-refractivity contribution >= 4 is 16.9 Å². The minimum absolute atomic E-state index is 0.220. The van der Waals surface area contributed by atoms with E-state index in [0.29, 0.717) is 18.6 Å². The number of nitrogens with zero attached hydrogens (tertiary/aromatic N) is 3. The molecule has 0 unspecified atom stereocenters. The van der Waals surface area contributed by atoms with Crippen LogP contribution in [0.3, 0.4) is 0 Å². The molecule has 0 fully saturated rings. The van der Waals surface area contributed by atoms with Crippen molar-refractivity contribution in [3.63, 3.8) is 0 Å². The van der Waals surface area contributed by atoms with E-state index in [2.05, 4.69) is 15.2 Å². The molecule has 3 heterocycles. The number of benzene rings is 1. The maximum absolute atomic E-state index is 14.0. The van der Waals surface area contributed by atoms with Crippen molar-refractivity contribution in [1.82, 2.24) is 20.1 Å². The van der Waals surface area contributed by atoms with Gasteiger partial charge >= 0.3 is 6.18 Å². The molecular formula is C18H14F4N4O. The molecule has 1 aliphatic heterocycles. The average molecular weight is 378 g/mol. The highest BCUT2D eigenvalue weighted by Gasteiger charge is 2.35. The van der Waals surface area contributed by atoms with Gasteiger partial charge in [-0.25, -0.2) is 9.37 Å². The van der Waals surface area contributed by atoms with Crippen molar-refractivity contribution in [3.8, 4) is 0 Å². The molecule has 0 saturated carbocycles. The summed E-state index contributed by atoms with van der Waals surface area (Å²) in [5.41, 5.74) is 0.738. The first kappa shape index (κ1) is 17.4. The number of aromatic amines is 1. The van der Waals surface area contributed by atoms with Gasteiger partial charge in [-0.1, -0.05) is 6.07 Å². The van der Waals surface area contributed by atoms with Gasteiger partial charge in [-0.2, -0.15) is 18.3 Å². The smallest absolute Gasteiger partial charge is 0.338 e. The highest BCUT2D eigenvalue weighted by atomic mass is 19.4. The average Bonchev–Trinajstić information content (AvgIpc) is 3.11. The SMILES string of the molecule is O=C(Cc1c(F)cccc1C(F)(F)F)N1CCc2c(cnc3[nH]ncc23)C1. The topological polar surface area (TPSA) is 61.9 Å². The van der Waals surface area contributed by atoms with E-state index in [4.69, 9.17) is 0 Å². The normalized spacial score (nSPS) is 14.4. The van der Waals surface area contributed by atoms with Crippen LogP contribution >= 0.6 is 0 Å². The largest absolute Gasteiger partial charge is 0.416 e. The predicted molar refractivity (Wildman–Crippen MR) is 88.1 cm³/mol. The summed E-state index contributed by atoms with van der Waals surface area (Å²) in [7, 11) is 0. The minimum atomic E-state index is -4.72. The number of pyridine rings is 1. The van der Waals surface area contributed by atoms with Gasteiger partial charge in [0.25, 0.3) is 0 Å². The molecule has 9 heteroatoms. The van der Waals surface area contributed by atoms with Crippen LogP contribution in [0.4, 0.5) is 17.6 Å². The Morgan fingerprint density at radius 3 is 2.85 bits per heavy atom. The standard InChI is InChI=1S/C18H14F4N4O/c19-15-3-1-2-14(18(20,21)22)12(15)6-16(27)26-5-4-11-10(9-26)7-23-17-13(11)8-24-25-17/h1-3,7-8H,4-6,9H2,(H,23,24,25). The van der Waals surface area contributed by atoms with Crippen LogP contribution < -0.4 is 0 Å². The van der Waals surface area contributed by atoms with Crippen LogP contribution in [0.5, 0.6) is 0 Å². The molecule has 0 saturated heterocycles. The van der Waals surface area contributed by atoms with Crippen LogP contribution in [0.1, 0.15) is 22.3 Å². The summed E-state index contributed by atoms with van der Waals surface area (Å²) >= 11 is 0. The van der Waals surface area contributed by atoms with Crippen LogP contribution in [0, 0.1) is 5.82 Å². The van der Waals surface area contributed by atoms with Gasteiger partial charge in [0.05, 0.1) is 18.2 Å². The summed E-state index contributed by atoms with van der Waals surface area (Å²) in [6, 6.07) is 2.71. The molecule has 3 aromatic rings. The number of amides is 1. The molecule has 1 amide bonds. The number of hydrogen-bond acceptors (Lipinski definition) is 3. The molecule has 2 aromatic heterocycles. The lowest BCUT2D eigenvalue weighted by Gasteiger charge is -2.29. The first-order valence-corrected chi connectivity index (χ1v) is 8.27. The Labute approximate surface area is 151 Å². The van der Waals surface area contributed by atoms with Gasteiger partial charge in [-0.3, -0.25) is 9.89 Å². The van der Waals surface area contributed by atoms with Crippen molar-refractivity contribution in [3.05, 3.63) is 58.7 Å². The number of halogens is 4. The van der Waals surface area contributed by atoms with E-state index in [-0.39, 0.29) is 6.54 Å². The number of carbonyl (C=O) groups is 1. The third-order valence-corrected chi connectivity index (χ3v) is 4.78. The van der Waals surface area contributed by atoms with Gasteiger partial charge < -0.3 is 4.90 Å². The van der Waals surface area contributed by atoms with Crippen molar-refractivity contribution in [2.75, 3.05) is 6.54 Å². The lowest BCUT2D eigenvalue weighted by Crippen LogP contribution is -2.37. The Balaban J connectivity index is 1.59. The molecule has 1 aromatic carbocycles. The summed E-state index contributed by atoms with van der Waals surface area (Å²) in [4.78, 5) is 18.2. The number of fused-ring (bicyclic) bond motifs is 3. The zero-order valence-corrected chi connectivity index (χ0v) is 14.0. The maximum atomic E-state index is 14.0. The molecule has 5 nitrogen and oxygen atoms in total. The number of aromatic nitrogens is 3. The van der Waals surface area contributed by atoms with Gasteiger partial charge in [0.2, 0.25) is 5.91 Å². The Morgan fingerprint density at radius 1 is 1.26 bits per heavy atom. The number of alkyl halides is 3. The highest BCUT2D eigenvalue weighted by Crippen LogP contribution is 2.34. The third-order valence-electron chi connectivity index (χ3n) is 4.78. The second-order valence-electron chi connectivity index (χ2n) is 6.40. The van der Waals surface area contributed by atoms with E-state index in [0.717, 1.165) is 34.7 Å². The van der Waals surface area contributed by atoms with Gasteiger partial charge in [-0.15, -0.1) is 0 Å². The number of nitrogens with one attached hydrogen (secondary N) is 1. The molecule has 27 heavy (non-hydrogen) atoms. The lowest BCUT2D eigenvalue weighted by molar-refractivity contribution is -0.139. The fourth-order valence-electron chi connectivity index (χ4n) is 3.43. The van der Waals surface area contributed by atoms with Crippen LogP contribution in [-0.2, 0) is 30.4 Å². The van der Waals surface area contributed by atoms with Crippen LogP contribution in [0.25, 0.3) is 11.0 Å². The summed E-state index contributed by atoms with van der Waals surface area (Å²) in [6.07, 6.45) is -1.54. The zero-order chi connectivity index (χ0) is 19.2. The molecule has 0 atom stereocenters. The highest BCUT2D eigenvalue weighted by molar-refractivity contribution is 5.82. The molecular weight excluding hydrogens is 364 g/mol. The van der Waals surface area contributed by atoms with E-state index >= 15 is 0 Å². The predicted octanol–water partition coefficient (Wildman–Crippen LogP) is 3.24. The molecule has 1 aliphatic rings. The molecule has 0 spiro atoms. The first-order valence-electron chi connectivity index (χ1n) is 8.27. The van der Waals surface area contributed by atoms with E-state index in [9.17, 15) is 22.4 Å². The van der Waals surface area contributed by atoms with Gasteiger partial charge in [0.1, 0.15) is 5.82 Å². The van der Waals surface area contributed by atoms with Crippen LogP contribution in [-0.4, -0.2) is 32.5 Å². The van der Waals surface area contributed by atoms with Gasteiger partial charge in [-0.05, 0) is 29.7 Å². The molecule has 4 rings (SSSR count). The molecule has 1 N–H and O–H groups in total. The van der Waals surface area contributed by atoms with Crippen molar-refractivity contribution < 1.29 is 22.4 Å². The number of hydrogen-bond donors (Lipinski definition) is 1. The second kappa shape index (κ2) is 6.33. The minimum Gasteiger partial charge on any atom is -0.338 e. The molecule has 140 valence electrons. The van der Waals surface area contributed by atoms with Crippen LogP contribution in [0.2, 0.25) is 0 Å². The van der Waals surface area contributed by atoms with Crippen LogP contribution in [0.15, 0.2) is 30.6 Å². The fourth-order valence-corrected chi connectivity index (χ4v) is 3.43. The zero-order valence-electron chi connectivity index (χ0n) is 14.0. The van der Waals surface area contributed by atoms with E-state index in [1.807, 2.05) is 0 Å². The Bertz CT molecular complexity index is 1030. The Morgan fingerprint density at radius 2 is 2.07 bits per heavy atom. The van der Waals surface area contributed by atoms with Gasteiger partial charge in [0.15, 0.2) is 5.65 Å². The number of carbonyl (C=O) groups excluding carboxylic acids is 1.